The van der Waals surface area contributed by atoms with Crippen molar-refractivity contribution in [3.8, 4) is 0 Å². The first kappa shape index (κ1) is 12.8. The maximum absolute atomic E-state index is 6.14. The Morgan fingerprint density at radius 3 is 2.38 bits per heavy atom. The topological polar surface area (TPSA) is 43.8 Å². The molecule has 3 heteroatoms. The molecule has 16 heavy (non-hydrogen) atoms. The van der Waals surface area contributed by atoms with E-state index in [4.69, 9.17) is 5.73 Å². The largest absolute Gasteiger partial charge is 0.384 e. The van der Waals surface area contributed by atoms with Gasteiger partial charge in [0.2, 0.25) is 0 Å². The van der Waals surface area contributed by atoms with Crippen LogP contribution >= 0.6 is 0 Å². The van der Waals surface area contributed by atoms with Gasteiger partial charge < -0.3 is 10.3 Å². The van der Waals surface area contributed by atoms with Gasteiger partial charge in [0.15, 0.2) is 0 Å². The van der Waals surface area contributed by atoms with Crippen molar-refractivity contribution < 1.29 is 0 Å². The van der Waals surface area contributed by atoms with Crippen molar-refractivity contribution in [2.75, 3.05) is 5.73 Å². The number of allylic oxidation sites excluding steroid dienone is 1. The molecule has 0 spiro atoms. The van der Waals surface area contributed by atoms with Crippen LogP contribution in [0.3, 0.4) is 0 Å². The van der Waals surface area contributed by atoms with Gasteiger partial charge in [-0.15, -0.1) is 6.58 Å². The molecule has 0 fully saturated rings. The van der Waals surface area contributed by atoms with Crippen molar-refractivity contribution in [1.29, 1.82) is 0 Å². The zero-order chi connectivity index (χ0) is 12.5. The average Bonchev–Trinajstić information content (AvgIpc) is 2.44. The smallest absolute Gasteiger partial charge is 0.127 e. The number of hydrogen-bond donors (Lipinski definition) is 1. The molecule has 1 aromatic heterocycles. The lowest BCUT2D eigenvalue weighted by Crippen LogP contribution is -2.19. The molecule has 0 aliphatic heterocycles. The Hall–Kier alpha value is -1.25. The van der Waals surface area contributed by atoms with Crippen molar-refractivity contribution in [3.05, 3.63) is 24.2 Å². The lowest BCUT2D eigenvalue weighted by atomic mass is 9.95. The predicted octanol–water partition coefficient (Wildman–Crippen LogP) is 3.07. The Morgan fingerprint density at radius 1 is 1.44 bits per heavy atom. The molecular formula is C13H23N3. The first-order valence-corrected chi connectivity index (χ1v) is 5.76. The summed E-state index contributed by atoms with van der Waals surface area (Å²) in [6.45, 7) is 15.2. The lowest BCUT2D eigenvalue weighted by molar-refractivity contribution is 0.514. The van der Waals surface area contributed by atoms with E-state index in [2.05, 4.69) is 50.7 Å². The molecule has 0 bridgehead atoms. The van der Waals surface area contributed by atoms with Crippen LogP contribution in [0.1, 0.15) is 52.1 Å². The van der Waals surface area contributed by atoms with Gasteiger partial charge in [0.05, 0.1) is 5.69 Å². The molecule has 0 unspecified atom stereocenters. The van der Waals surface area contributed by atoms with E-state index in [1.165, 1.54) is 0 Å². The summed E-state index contributed by atoms with van der Waals surface area (Å²) in [4.78, 5) is 4.69. The van der Waals surface area contributed by atoms with Crippen LogP contribution < -0.4 is 5.73 Å². The molecular weight excluding hydrogens is 198 g/mol. The summed E-state index contributed by atoms with van der Waals surface area (Å²) in [7, 11) is 0. The fraction of sp³-hybridized carbons (Fsp3) is 0.615. The van der Waals surface area contributed by atoms with Gasteiger partial charge in [-0.1, -0.05) is 40.7 Å². The van der Waals surface area contributed by atoms with Crippen LogP contribution in [0.5, 0.6) is 0 Å². The minimum absolute atomic E-state index is 0.00424. The third kappa shape index (κ3) is 2.29. The second-order valence-corrected chi connectivity index (χ2v) is 5.51. The van der Waals surface area contributed by atoms with Gasteiger partial charge in [0.1, 0.15) is 11.6 Å². The van der Waals surface area contributed by atoms with Crippen molar-refractivity contribution in [2.24, 2.45) is 0 Å². The maximum Gasteiger partial charge on any atom is 0.127 e. The normalized spacial score (nSPS) is 12.1. The van der Waals surface area contributed by atoms with E-state index in [0.29, 0.717) is 5.92 Å². The Kier molecular flexibility index (Phi) is 3.46. The van der Waals surface area contributed by atoms with E-state index in [1.807, 2.05) is 6.08 Å². The molecule has 0 aromatic carbocycles. The van der Waals surface area contributed by atoms with Crippen LogP contribution in [-0.4, -0.2) is 9.55 Å². The minimum atomic E-state index is 0.00424. The number of imidazole rings is 1. The number of nitrogens with zero attached hydrogens (tertiary/aromatic N) is 2. The monoisotopic (exact) mass is 221 g/mol. The van der Waals surface area contributed by atoms with Gasteiger partial charge in [-0.25, -0.2) is 4.98 Å². The second kappa shape index (κ2) is 4.32. The third-order valence-electron chi connectivity index (χ3n) is 2.56. The van der Waals surface area contributed by atoms with Crippen molar-refractivity contribution >= 4 is 5.82 Å². The molecule has 1 heterocycles. The lowest BCUT2D eigenvalue weighted by Gasteiger charge is -2.19. The maximum atomic E-state index is 6.14. The summed E-state index contributed by atoms with van der Waals surface area (Å²) in [6.07, 6.45) is 1.86. The molecule has 0 aliphatic carbocycles. The van der Waals surface area contributed by atoms with E-state index in [9.17, 15) is 0 Å². The molecule has 1 rings (SSSR count). The molecule has 0 radical (unpaired) electrons. The van der Waals surface area contributed by atoms with Crippen LogP contribution in [0.15, 0.2) is 12.7 Å². The first-order chi connectivity index (χ1) is 7.29. The van der Waals surface area contributed by atoms with E-state index in [0.717, 1.165) is 23.9 Å². The van der Waals surface area contributed by atoms with Crippen molar-refractivity contribution in [3.63, 3.8) is 0 Å². The summed E-state index contributed by atoms with van der Waals surface area (Å²) in [5.74, 6) is 2.17. The molecule has 0 amide bonds. The second-order valence-electron chi connectivity index (χ2n) is 5.51. The number of anilines is 1. The quantitative estimate of drug-likeness (QED) is 0.797. The van der Waals surface area contributed by atoms with E-state index >= 15 is 0 Å². The molecule has 0 saturated heterocycles. The van der Waals surface area contributed by atoms with E-state index < -0.39 is 0 Å². The summed E-state index contributed by atoms with van der Waals surface area (Å²) in [6, 6.07) is 0. The standard InChI is InChI=1S/C13H23N3/c1-7-8-16-11(14)10(9(2)3)15-12(16)13(4,5)6/h7,9H,1,8,14H2,2-6H3. The van der Waals surface area contributed by atoms with Crippen LogP contribution in [0.4, 0.5) is 5.82 Å². The van der Waals surface area contributed by atoms with Gasteiger partial charge in [-0.2, -0.15) is 0 Å². The summed E-state index contributed by atoms with van der Waals surface area (Å²) < 4.78 is 2.06. The highest BCUT2D eigenvalue weighted by atomic mass is 15.1. The van der Waals surface area contributed by atoms with Crippen LogP contribution in [0, 0.1) is 0 Å². The zero-order valence-electron chi connectivity index (χ0n) is 11.0. The molecule has 90 valence electrons. The number of rotatable bonds is 3. The zero-order valence-corrected chi connectivity index (χ0v) is 11.0. The Labute approximate surface area is 98.4 Å². The van der Waals surface area contributed by atoms with E-state index in [1.54, 1.807) is 0 Å². The fourth-order valence-corrected chi connectivity index (χ4v) is 1.80. The number of nitrogen functional groups attached to an aromatic ring is 1. The van der Waals surface area contributed by atoms with E-state index in [-0.39, 0.29) is 5.41 Å². The summed E-state index contributed by atoms with van der Waals surface area (Å²) >= 11 is 0. The highest BCUT2D eigenvalue weighted by molar-refractivity contribution is 5.41. The Bertz CT molecular complexity index is 381. The molecule has 0 saturated carbocycles. The highest BCUT2D eigenvalue weighted by Crippen LogP contribution is 2.29. The minimum Gasteiger partial charge on any atom is -0.384 e. The van der Waals surface area contributed by atoms with Gasteiger partial charge in [-0.05, 0) is 5.92 Å². The van der Waals surface area contributed by atoms with Crippen LogP contribution in [-0.2, 0) is 12.0 Å². The van der Waals surface area contributed by atoms with Gasteiger partial charge in [-0.3, -0.25) is 0 Å². The molecule has 0 aliphatic rings. The first-order valence-electron chi connectivity index (χ1n) is 5.76. The highest BCUT2D eigenvalue weighted by Gasteiger charge is 2.25. The fourth-order valence-electron chi connectivity index (χ4n) is 1.80. The third-order valence-corrected chi connectivity index (χ3v) is 2.56. The average molecular weight is 221 g/mol. The SMILES string of the molecule is C=CCn1c(C(C)(C)C)nc(C(C)C)c1N. The predicted molar refractivity (Wildman–Crippen MR) is 69.6 cm³/mol. The van der Waals surface area contributed by atoms with Gasteiger partial charge in [0.25, 0.3) is 0 Å². The van der Waals surface area contributed by atoms with Crippen LogP contribution in [0.2, 0.25) is 0 Å². The summed E-state index contributed by atoms with van der Waals surface area (Å²) in [5, 5.41) is 0. The Balaban J connectivity index is 3.36. The van der Waals surface area contributed by atoms with Crippen molar-refractivity contribution in [1.82, 2.24) is 9.55 Å². The molecule has 3 nitrogen and oxygen atoms in total. The molecule has 2 N–H and O–H groups in total. The summed E-state index contributed by atoms with van der Waals surface area (Å²) in [5.41, 5.74) is 7.14. The van der Waals surface area contributed by atoms with Crippen molar-refractivity contribution in [2.45, 2.75) is 52.5 Å². The Morgan fingerprint density at radius 2 is 2.00 bits per heavy atom. The number of aromatic nitrogens is 2. The van der Waals surface area contributed by atoms with Gasteiger partial charge >= 0.3 is 0 Å². The van der Waals surface area contributed by atoms with Crippen LogP contribution in [0.25, 0.3) is 0 Å². The van der Waals surface area contributed by atoms with Gasteiger partial charge in [0, 0.05) is 12.0 Å². The number of nitrogens with two attached hydrogens (primary N) is 1. The molecule has 1 aromatic rings. The number of hydrogen-bond acceptors (Lipinski definition) is 2. The molecule has 0 atom stereocenters.